The number of hydrogen-bond donors (Lipinski definition) is 1. The van der Waals surface area contributed by atoms with Crippen LogP contribution in [0.4, 0.5) is 0 Å². The van der Waals surface area contributed by atoms with Gasteiger partial charge in [0, 0.05) is 34.3 Å². The van der Waals surface area contributed by atoms with Gasteiger partial charge in [-0.2, -0.15) is 0 Å². The van der Waals surface area contributed by atoms with Crippen LogP contribution in [0.5, 0.6) is 5.75 Å². The monoisotopic (exact) mass is 298 g/mol. The van der Waals surface area contributed by atoms with Gasteiger partial charge in [0.05, 0.1) is 5.52 Å². The van der Waals surface area contributed by atoms with E-state index in [2.05, 4.69) is 4.98 Å². The molecule has 21 heavy (non-hydrogen) atoms. The number of benzene rings is 2. The van der Waals surface area contributed by atoms with Gasteiger partial charge in [-0.05, 0) is 24.3 Å². The molecule has 0 aliphatic carbocycles. The minimum absolute atomic E-state index is 0.353. The van der Waals surface area contributed by atoms with Gasteiger partial charge in [-0.1, -0.05) is 35.9 Å². The zero-order valence-electron chi connectivity index (χ0n) is 11.4. The first kappa shape index (κ1) is 13.9. The average molecular weight is 299 g/mol. The molecule has 0 saturated heterocycles. The Hall–Kier alpha value is -2.10. The van der Waals surface area contributed by atoms with Gasteiger partial charge in [-0.15, -0.1) is 0 Å². The highest BCUT2D eigenvalue weighted by Crippen LogP contribution is 2.27. The molecule has 4 heteroatoms. The molecule has 0 aliphatic heterocycles. The van der Waals surface area contributed by atoms with Crippen molar-refractivity contribution in [3.8, 4) is 5.75 Å². The highest BCUT2D eigenvalue weighted by molar-refractivity contribution is 6.31. The lowest BCUT2D eigenvalue weighted by Crippen LogP contribution is -2.04. The van der Waals surface area contributed by atoms with Crippen molar-refractivity contribution in [1.82, 2.24) is 4.98 Å². The average Bonchev–Trinajstić information content (AvgIpc) is 2.53. The van der Waals surface area contributed by atoms with Crippen molar-refractivity contribution in [3.63, 3.8) is 0 Å². The van der Waals surface area contributed by atoms with Crippen LogP contribution < -0.4 is 10.5 Å². The summed E-state index contributed by atoms with van der Waals surface area (Å²) in [5, 5.41) is 1.73. The normalized spacial score (nSPS) is 10.8. The predicted octanol–water partition coefficient (Wildman–Crippen LogP) is 3.93. The fraction of sp³-hybridized carbons (Fsp3) is 0.118. The van der Waals surface area contributed by atoms with E-state index in [-0.39, 0.29) is 0 Å². The van der Waals surface area contributed by atoms with E-state index in [9.17, 15) is 0 Å². The molecular weight excluding hydrogens is 284 g/mol. The number of rotatable bonds is 4. The van der Waals surface area contributed by atoms with Crippen LogP contribution in [0, 0.1) is 0 Å². The zero-order chi connectivity index (χ0) is 14.7. The van der Waals surface area contributed by atoms with Gasteiger partial charge >= 0.3 is 0 Å². The minimum atomic E-state index is 0.353. The first-order chi connectivity index (χ1) is 10.3. The van der Waals surface area contributed by atoms with Gasteiger partial charge < -0.3 is 10.5 Å². The molecule has 3 aromatic rings. The van der Waals surface area contributed by atoms with Crippen molar-refractivity contribution in [3.05, 3.63) is 70.9 Å². The summed E-state index contributed by atoms with van der Waals surface area (Å²) < 4.78 is 5.91. The molecule has 0 spiro atoms. The van der Waals surface area contributed by atoms with Crippen LogP contribution in [0.2, 0.25) is 5.02 Å². The van der Waals surface area contributed by atoms with E-state index in [1.807, 2.05) is 48.5 Å². The van der Waals surface area contributed by atoms with Crippen LogP contribution in [-0.4, -0.2) is 4.98 Å². The number of nitrogens with two attached hydrogens (primary N) is 1. The Labute approximate surface area is 128 Å². The molecule has 0 amide bonds. The Kier molecular flexibility index (Phi) is 4.04. The van der Waals surface area contributed by atoms with E-state index in [1.54, 1.807) is 6.20 Å². The van der Waals surface area contributed by atoms with E-state index >= 15 is 0 Å². The van der Waals surface area contributed by atoms with E-state index < -0.39 is 0 Å². The summed E-state index contributed by atoms with van der Waals surface area (Å²) in [5.74, 6) is 0.728. The first-order valence-electron chi connectivity index (χ1n) is 6.72. The largest absolute Gasteiger partial charge is 0.488 e. The molecule has 0 saturated carbocycles. The van der Waals surface area contributed by atoms with E-state index in [1.165, 1.54) is 0 Å². The molecule has 3 nitrogen and oxygen atoms in total. The number of pyridine rings is 1. The van der Waals surface area contributed by atoms with Crippen molar-refractivity contribution in [1.29, 1.82) is 0 Å². The second-order valence-electron chi connectivity index (χ2n) is 4.70. The molecule has 0 unspecified atom stereocenters. The van der Waals surface area contributed by atoms with Gasteiger partial charge in [0.15, 0.2) is 0 Å². The summed E-state index contributed by atoms with van der Waals surface area (Å²) in [6.07, 6.45) is 1.79. The molecule has 0 aliphatic rings. The maximum absolute atomic E-state index is 6.14. The van der Waals surface area contributed by atoms with Crippen LogP contribution in [0.3, 0.4) is 0 Å². The molecule has 0 fully saturated rings. The Morgan fingerprint density at radius 1 is 1.05 bits per heavy atom. The molecule has 1 heterocycles. The summed E-state index contributed by atoms with van der Waals surface area (Å²) in [6, 6.07) is 15.5. The third-order valence-electron chi connectivity index (χ3n) is 3.40. The number of halogens is 1. The summed E-state index contributed by atoms with van der Waals surface area (Å²) in [7, 11) is 0. The Morgan fingerprint density at radius 2 is 1.90 bits per heavy atom. The van der Waals surface area contributed by atoms with E-state index in [4.69, 9.17) is 22.1 Å². The number of para-hydroxylation sites is 1. The van der Waals surface area contributed by atoms with Crippen LogP contribution >= 0.6 is 11.6 Å². The van der Waals surface area contributed by atoms with Gasteiger partial charge in [0.1, 0.15) is 12.4 Å². The number of hydrogen-bond acceptors (Lipinski definition) is 3. The van der Waals surface area contributed by atoms with Crippen LogP contribution in [0.1, 0.15) is 11.1 Å². The lowest BCUT2D eigenvalue weighted by molar-refractivity contribution is 0.304. The Bertz CT molecular complexity index is 768. The Morgan fingerprint density at radius 3 is 2.76 bits per heavy atom. The molecular formula is C17H15ClN2O. The van der Waals surface area contributed by atoms with Crippen molar-refractivity contribution < 1.29 is 4.74 Å². The SMILES string of the molecule is NCc1c(Cl)cccc1OCc1ccnc2ccccc12. The number of ether oxygens (including phenoxy) is 1. The van der Waals surface area contributed by atoms with Crippen molar-refractivity contribution >= 4 is 22.5 Å². The maximum atomic E-state index is 6.14. The lowest BCUT2D eigenvalue weighted by atomic mass is 10.1. The molecule has 106 valence electrons. The molecule has 2 aromatic carbocycles. The molecule has 1 aromatic heterocycles. The topological polar surface area (TPSA) is 48.1 Å². The fourth-order valence-corrected chi connectivity index (χ4v) is 2.55. The summed E-state index contributed by atoms with van der Waals surface area (Å²) >= 11 is 6.14. The van der Waals surface area contributed by atoms with Crippen molar-refractivity contribution in [2.45, 2.75) is 13.2 Å². The molecule has 2 N–H and O–H groups in total. The summed E-state index contributed by atoms with van der Waals surface area (Å²) in [4.78, 5) is 4.35. The van der Waals surface area contributed by atoms with Gasteiger partial charge in [-0.3, -0.25) is 4.98 Å². The second-order valence-corrected chi connectivity index (χ2v) is 5.10. The maximum Gasteiger partial charge on any atom is 0.125 e. The second kappa shape index (κ2) is 6.12. The van der Waals surface area contributed by atoms with Crippen molar-refractivity contribution in [2.75, 3.05) is 0 Å². The third-order valence-corrected chi connectivity index (χ3v) is 3.76. The lowest BCUT2D eigenvalue weighted by Gasteiger charge is -2.12. The van der Waals surface area contributed by atoms with Gasteiger partial charge in [0.2, 0.25) is 0 Å². The fourth-order valence-electron chi connectivity index (χ4n) is 2.31. The third kappa shape index (κ3) is 2.84. The quantitative estimate of drug-likeness (QED) is 0.794. The molecule has 0 radical (unpaired) electrons. The van der Waals surface area contributed by atoms with Crippen LogP contribution in [0.25, 0.3) is 10.9 Å². The van der Waals surface area contributed by atoms with Crippen LogP contribution in [-0.2, 0) is 13.2 Å². The molecule has 0 bridgehead atoms. The summed E-state index contributed by atoms with van der Waals surface area (Å²) in [5.41, 5.74) is 8.62. The standard InChI is InChI=1S/C17H15ClN2O/c18-15-5-3-7-17(14(15)10-19)21-11-12-8-9-20-16-6-2-1-4-13(12)16/h1-9H,10-11,19H2. The summed E-state index contributed by atoms with van der Waals surface area (Å²) in [6.45, 7) is 0.808. The van der Waals surface area contributed by atoms with Gasteiger partial charge in [-0.25, -0.2) is 0 Å². The van der Waals surface area contributed by atoms with E-state index in [0.29, 0.717) is 18.2 Å². The number of nitrogens with zero attached hydrogens (tertiary/aromatic N) is 1. The molecule has 3 rings (SSSR count). The zero-order valence-corrected chi connectivity index (χ0v) is 12.2. The first-order valence-corrected chi connectivity index (χ1v) is 7.10. The number of fused-ring (bicyclic) bond motifs is 1. The predicted molar refractivity (Wildman–Crippen MR) is 85.4 cm³/mol. The minimum Gasteiger partial charge on any atom is -0.488 e. The number of aromatic nitrogens is 1. The molecule has 0 atom stereocenters. The van der Waals surface area contributed by atoms with Gasteiger partial charge in [0.25, 0.3) is 0 Å². The highest BCUT2D eigenvalue weighted by Gasteiger charge is 2.08. The Balaban J connectivity index is 1.89. The van der Waals surface area contributed by atoms with Crippen LogP contribution in [0.15, 0.2) is 54.7 Å². The van der Waals surface area contributed by atoms with E-state index in [0.717, 1.165) is 27.8 Å². The highest BCUT2D eigenvalue weighted by atomic mass is 35.5. The smallest absolute Gasteiger partial charge is 0.125 e. The van der Waals surface area contributed by atoms with Crippen molar-refractivity contribution in [2.24, 2.45) is 5.73 Å².